The molecule has 0 saturated carbocycles. The molecular weight excluding hydrogens is 209 g/mol. The maximum absolute atomic E-state index is 12.5. The second-order valence-electron chi connectivity index (χ2n) is 2.61. The molecule has 1 aromatic carbocycles. The summed E-state index contributed by atoms with van der Waals surface area (Å²) < 4.78 is 60.4. The summed E-state index contributed by atoms with van der Waals surface area (Å²) in [7, 11) is 0. The molecule has 0 fully saturated rings. The lowest BCUT2D eigenvalue weighted by atomic mass is 9.99. The molecule has 0 spiro atoms. The lowest BCUT2D eigenvalue weighted by Crippen LogP contribution is -2.49. The zero-order valence-electron chi connectivity index (χ0n) is 6.47. The van der Waals surface area contributed by atoms with E-state index in [1.807, 2.05) is 0 Å². The van der Waals surface area contributed by atoms with E-state index >= 15 is 0 Å². The molecule has 1 aromatic rings. The van der Waals surface area contributed by atoms with Gasteiger partial charge >= 0.3 is 12.1 Å². The highest BCUT2D eigenvalue weighted by Crippen LogP contribution is 2.44. The summed E-state index contributed by atoms with van der Waals surface area (Å²) >= 11 is 0. The number of hydrogen-bond donors (Lipinski definition) is 3. The fourth-order valence-electron chi connectivity index (χ4n) is 0.925. The average molecular weight is 213 g/mol. The minimum absolute atomic E-state index is 0.788. The molecule has 78 valence electrons. The van der Waals surface area contributed by atoms with Crippen molar-refractivity contribution in [3.63, 3.8) is 0 Å². The van der Waals surface area contributed by atoms with Crippen LogP contribution in [0.4, 0.5) is 27.6 Å². The number of nitrogens with one attached hydrogen (secondary N) is 2. The lowest BCUT2D eigenvalue weighted by Gasteiger charge is -2.23. The van der Waals surface area contributed by atoms with Crippen LogP contribution in [-0.2, 0) is 5.92 Å². The summed E-state index contributed by atoms with van der Waals surface area (Å²) in [4.78, 5) is 0. The quantitative estimate of drug-likeness (QED) is 0.592. The maximum atomic E-state index is 12.5. The normalized spacial score (nSPS) is 13.5. The van der Waals surface area contributed by atoms with Crippen molar-refractivity contribution in [3.05, 3.63) is 16.3 Å². The molecule has 1 rings (SSSR count). The third-order valence-electron chi connectivity index (χ3n) is 1.71. The summed E-state index contributed by atoms with van der Waals surface area (Å²) in [6.07, 6.45) is -5.79. The fourth-order valence-corrected chi connectivity index (χ4v) is 0.925. The standard InChI is InChI=1S/C6H4F5N3/c7-5(8,6(9,10)11)1-2(12)4(14)3(1)13/h12,14H,13H2. The number of rotatable bonds is 1. The molecule has 0 aliphatic rings. The van der Waals surface area contributed by atoms with Crippen LogP contribution < -0.4 is 16.4 Å². The summed E-state index contributed by atoms with van der Waals surface area (Å²) in [5, 5.41) is 11.5. The van der Waals surface area contributed by atoms with Gasteiger partial charge in [-0.15, -0.1) is 0 Å². The number of halogens is 5. The minimum atomic E-state index is -5.79. The van der Waals surface area contributed by atoms with Gasteiger partial charge in [0.2, 0.25) is 0 Å². The van der Waals surface area contributed by atoms with Gasteiger partial charge in [-0.1, -0.05) is 0 Å². The lowest BCUT2D eigenvalue weighted by molar-refractivity contribution is -0.290. The van der Waals surface area contributed by atoms with Crippen LogP contribution in [0, 0.1) is 10.8 Å². The largest absolute Gasteiger partial charge is 0.458 e. The third kappa shape index (κ3) is 1.10. The molecule has 0 amide bonds. The molecule has 0 aliphatic carbocycles. The molecule has 0 aromatic heterocycles. The van der Waals surface area contributed by atoms with E-state index in [2.05, 4.69) is 0 Å². The SMILES string of the molecule is N=c1c(N)c(C(F)(F)C(F)(F)F)c1=N. The Morgan fingerprint density at radius 3 is 1.64 bits per heavy atom. The zero-order chi connectivity index (χ0) is 11.3. The van der Waals surface area contributed by atoms with Crippen molar-refractivity contribution < 1.29 is 22.0 Å². The van der Waals surface area contributed by atoms with E-state index in [4.69, 9.17) is 16.6 Å². The van der Waals surface area contributed by atoms with Crippen LogP contribution in [-0.4, -0.2) is 6.18 Å². The highest BCUT2D eigenvalue weighted by Gasteiger charge is 2.61. The first-order chi connectivity index (χ1) is 6.10. The Bertz CT molecular complexity index is 437. The van der Waals surface area contributed by atoms with Gasteiger partial charge in [0.25, 0.3) is 0 Å². The van der Waals surface area contributed by atoms with E-state index in [9.17, 15) is 22.0 Å². The Morgan fingerprint density at radius 2 is 1.36 bits per heavy atom. The van der Waals surface area contributed by atoms with Crippen molar-refractivity contribution in [1.82, 2.24) is 0 Å². The van der Waals surface area contributed by atoms with Crippen molar-refractivity contribution in [2.45, 2.75) is 12.1 Å². The first kappa shape index (κ1) is 10.6. The Hall–Kier alpha value is -1.47. The van der Waals surface area contributed by atoms with Crippen LogP contribution in [0.25, 0.3) is 0 Å². The van der Waals surface area contributed by atoms with Gasteiger partial charge in [0.05, 0.1) is 16.6 Å². The molecule has 14 heavy (non-hydrogen) atoms. The Balaban J connectivity index is 3.34. The smallest absolute Gasteiger partial charge is 0.396 e. The zero-order valence-corrected chi connectivity index (χ0v) is 6.47. The first-order valence-corrected chi connectivity index (χ1v) is 3.23. The molecule has 0 unspecified atom stereocenters. The second kappa shape index (κ2) is 2.52. The Kier molecular flexibility index (Phi) is 1.91. The highest BCUT2D eigenvalue weighted by molar-refractivity contribution is 5.53. The number of nitrogens with two attached hydrogens (primary N) is 1. The highest BCUT2D eigenvalue weighted by atomic mass is 19.4. The van der Waals surface area contributed by atoms with Gasteiger partial charge in [-0.3, -0.25) is 10.8 Å². The van der Waals surface area contributed by atoms with Gasteiger partial charge in [-0.2, -0.15) is 22.0 Å². The van der Waals surface area contributed by atoms with E-state index < -0.39 is 34.1 Å². The van der Waals surface area contributed by atoms with Gasteiger partial charge in [0, 0.05) is 0 Å². The number of anilines is 1. The average Bonchev–Trinajstić information content (AvgIpc) is 2.01. The minimum Gasteiger partial charge on any atom is -0.396 e. The van der Waals surface area contributed by atoms with Crippen molar-refractivity contribution >= 4 is 5.69 Å². The summed E-state index contributed by atoms with van der Waals surface area (Å²) in [6.45, 7) is 0. The van der Waals surface area contributed by atoms with E-state index in [0.29, 0.717) is 0 Å². The summed E-state index contributed by atoms with van der Waals surface area (Å²) in [6, 6.07) is 0. The molecule has 0 radical (unpaired) electrons. The monoisotopic (exact) mass is 213 g/mol. The summed E-state index contributed by atoms with van der Waals surface area (Å²) in [5.41, 5.74) is 2.18. The Labute approximate surface area is 73.7 Å². The van der Waals surface area contributed by atoms with Crippen LogP contribution in [0.3, 0.4) is 0 Å². The molecular formula is C6H4F5N3. The van der Waals surface area contributed by atoms with E-state index in [-0.39, 0.29) is 0 Å². The fraction of sp³-hybridized carbons (Fsp3) is 0.333. The molecule has 0 heterocycles. The summed E-state index contributed by atoms with van der Waals surface area (Å²) in [5.74, 6) is -5.15. The predicted molar refractivity (Wildman–Crippen MR) is 34.9 cm³/mol. The van der Waals surface area contributed by atoms with Crippen LogP contribution in [0.1, 0.15) is 5.56 Å². The molecule has 3 nitrogen and oxygen atoms in total. The van der Waals surface area contributed by atoms with E-state index in [1.54, 1.807) is 0 Å². The van der Waals surface area contributed by atoms with Gasteiger partial charge in [0.15, 0.2) is 0 Å². The van der Waals surface area contributed by atoms with Crippen molar-refractivity contribution in [1.29, 1.82) is 10.8 Å². The maximum Gasteiger partial charge on any atom is 0.458 e. The van der Waals surface area contributed by atoms with Crippen molar-refractivity contribution in [2.24, 2.45) is 0 Å². The topological polar surface area (TPSA) is 73.7 Å². The van der Waals surface area contributed by atoms with Crippen LogP contribution >= 0.6 is 0 Å². The van der Waals surface area contributed by atoms with Gasteiger partial charge in [-0.25, -0.2) is 0 Å². The Morgan fingerprint density at radius 1 is 0.929 bits per heavy atom. The molecule has 0 aliphatic heterocycles. The van der Waals surface area contributed by atoms with Crippen LogP contribution in [0.5, 0.6) is 0 Å². The predicted octanol–water partition coefficient (Wildman–Crippen LogP) is 0.757. The second-order valence-corrected chi connectivity index (χ2v) is 2.61. The van der Waals surface area contributed by atoms with Gasteiger partial charge in [0.1, 0.15) is 5.36 Å². The third-order valence-corrected chi connectivity index (χ3v) is 1.71. The molecule has 0 bridgehead atoms. The number of hydrogen-bond acceptors (Lipinski definition) is 3. The van der Waals surface area contributed by atoms with E-state index in [1.165, 1.54) is 0 Å². The van der Waals surface area contributed by atoms with Crippen LogP contribution in [0.15, 0.2) is 0 Å². The van der Waals surface area contributed by atoms with Crippen molar-refractivity contribution in [2.75, 3.05) is 5.73 Å². The molecule has 4 N–H and O–H groups in total. The molecule has 8 heteroatoms. The van der Waals surface area contributed by atoms with Crippen molar-refractivity contribution in [3.8, 4) is 0 Å². The first-order valence-electron chi connectivity index (χ1n) is 3.23. The number of alkyl halides is 5. The molecule has 0 saturated heterocycles. The van der Waals surface area contributed by atoms with Crippen LogP contribution in [0.2, 0.25) is 0 Å². The number of nitrogen functional groups attached to an aromatic ring is 1. The van der Waals surface area contributed by atoms with Gasteiger partial charge in [-0.05, 0) is 0 Å². The van der Waals surface area contributed by atoms with Gasteiger partial charge < -0.3 is 5.73 Å². The molecule has 0 atom stereocenters. The van der Waals surface area contributed by atoms with E-state index in [0.717, 1.165) is 0 Å².